The van der Waals surface area contributed by atoms with E-state index in [0.29, 0.717) is 13.1 Å². The van der Waals surface area contributed by atoms with Crippen molar-refractivity contribution in [2.45, 2.75) is 37.9 Å². The molecular formula is C14H25ClN2O3S. The van der Waals surface area contributed by atoms with Crippen molar-refractivity contribution < 1.29 is 13.2 Å². The Bertz CT molecular complexity index is 526. The maximum absolute atomic E-state index is 12.6. The lowest BCUT2D eigenvalue weighted by Gasteiger charge is -2.38. The Hall–Kier alpha value is -0.330. The molecule has 3 aliphatic rings. The quantitative estimate of drug-likeness (QED) is 0.770. The van der Waals surface area contributed by atoms with Gasteiger partial charge < -0.3 is 10.2 Å². The fourth-order valence-corrected chi connectivity index (χ4v) is 5.09. The molecule has 1 saturated carbocycles. The Balaban J connectivity index is 0.00000161. The molecule has 3 fully saturated rings. The third-order valence-electron chi connectivity index (χ3n) is 5.44. The monoisotopic (exact) mass is 336 g/mol. The van der Waals surface area contributed by atoms with E-state index in [4.69, 9.17) is 0 Å². The summed E-state index contributed by atoms with van der Waals surface area (Å²) in [7, 11) is -3.07. The van der Waals surface area contributed by atoms with Crippen LogP contribution in [-0.4, -0.2) is 55.9 Å². The lowest BCUT2D eigenvalue weighted by atomic mass is 9.91. The summed E-state index contributed by atoms with van der Waals surface area (Å²) in [6.45, 7) is 6.19. The van der Waals surface area contributed by atoms with Crippen molar-refractivity contribution in [3.8, 4) is 0 Å². The topological polar surface area (TPSA) is 66.5 Å². The molecule has 0 aromatic carbocycles. The highest BCUT2D eigenvalue weighted by atomic mass is 35.5. The average molecular weight is 337 g/mol. The molecule has 1 aliphatic carbocycles. The number of nitrogens with one attached hydrogen (secondary N) is 1. The zero-order valence-corrected chi connectivity index (χ0v) is 14.4. The van der Waals surface area contributed by atoms with E-state index in [9.17, 15) is 13.2 Å². The first-order valence-corrected chi connectivity index (χ1v) is 9.15. The van der Waals surface area contributed by atoms with Crippen LogP contribution in [0.4, 0.5) is 0 Å². The molecule has 2 heterocycles. The number of halogens is 1. The van der Waals surface area contributed by atoms with Gasteiger partial charge in [0.15, 0.2) is 9.84 Å². The van der Waals surface area contributed by atoms with Crippen LogP contribution >= 0.6 is 12.4 Å². The van der Waals surface area contributed by atoms with Crippen molar-refractivity contribution in [1.82, 2.24) is 10.2 Å². The summed E-state index contributed by atoms with van der Waals surface area (Å²) < 4.78 is 23.2. The van der Waals surface area contributed by atoms with Crippen LogP contribution < -0.4 is 5.32 Å². The Morgan fingerprint density at radius 3 is 2.43 bits per heavy atom. The number of carbonyl (C=O) groups excluding carboxylic acids is 1. The molecule has 0 radical (unpaired) electrons. The lowest BCUT2D eigenvalue weighted by Crippen LogP contribution is -2.55. The van der Waals surface area contributed by atoms with Crippen LogP contribution in [0.5, 0.6) is 0 Å². The van der Waals surface area contributed by atoms with E-state index in [1.54, 1.807) is 18.7 Å². The van der Waals surface area contributed by atoms with Crippen LogP contribution in [0.1, 0.15) is 33.1 Å². The van der Waals surface area contributed by atoms with Crippen LogP contribution in [0.15, 0.2) is 0 Å². The summed E-state index contributed by atoms with van der Waals surface area (Å²) in [5.74, 6) is 0.434. The standard InChI is InChI=1S/C14H24N2O3S.ClH/c1-13(2)10-16(7-8-20(13,18)19)12(17)11-9-14(11)3-5-15-6-4-14;/h11,15H,3-10H2,1-2H3;1H. The van der Waals surface area contributed by atoms with E-state index in [1.165, 1.54) is 0 Å². The first kappa shape index (κ1) is 17.0. The Labute approximate surface area is 133 Å². The molecule has 0 aromatic rings. The first-order valence-electron chi connectivity index (χ1n) is 7.49. The number of rotatable bonds is 1. The van der Waals surface area contributed by atoms with Crippen molar-refractivity contribution in [1.29, 1.82) is 0 Å². The minimum Gasteiger partial charge on any atom is -0.340 e. The fourth-order valence-electron chi connectivity index (χ4n) is 3.73. The van der Waals surface area contributed by atoms with Crippen LogP contribution in [0.2, 0.25) is 0 Å². The fraction of sp³-hybridized carbons (Fsp3) is 0.929. The van der Waals surface area contributed by atoms with Crippen molar-refractivity contribution in [2.24, 2.45) is 11.3 Å². The summed E-state index contributed by atoms with van der Waals surface area (Å²) in [4.78, 5) is 14.4. The third-order valence-corrected chi connectivity index (χ3v) is 7.98. The molecule has 1 N–H and O–H groups in total. The minimum atomic E-state index is -3.07. The van der Waals surface area contributed by atoms with Gasteiger partial charge in [0.05, 0.1) is 10.5 Å². The number of piperidine rings is 1. The van der Waals surface area contributed by atoms with Crippen LogP contribution in [0.3, 0.4) is 0 Å². The van der Waals surface area contributed by atoms with Gasteiger partial charge in [0, 0.05) is 19.0 Å². The molecule has 21 heavy (non-hydrogen) atoms. The Kier molecular flexibility index (Phi) is 4.37. The Morgan fingerprint density at radius 1 is 1.24 bits per heavy atom. The zero-order valence-electron chi connectivity index (χ0n) is 12.7. The summed E-state index contributed by atoms with van der Waals surface area (Å²) in [6.07, 6.45) is 3.16. The average Bonchev–Trinajstić information content (AvgIpc) is 3.06. The molecule has 7 heteroatoms. The number of nitrogens with zero attached hydrogens (tertiary/aromatic N) is 1. The molecule has 1 amide bonds. The molecule has 1 unspecified atom stereocenters. The van der Waals surface area contributed by atoms with Crippen molar-refractivity contribution in [3.05, 3.63) is 0 Å². The molecule has 1 spiro atoms. The highest BCUT2D eigenvalue weighted by Gasteiger charge is 2.59. The smallest absolute Gasteiger partial charge is 0.226 e. The van der Waals surface area contributed by atoms with E-state index < -0.39 is 14.6 Å². The largest absolute Gasteiger partial charge is 0.340 e. The molecule has 3 rings (SSSR count). The predicted octanol–water partition coefficient (Wildman–Crippen LogP) is 0.833. The van der Waals surface area contributed by atoms with Crippen LogP contribution in [0.25, 0.3) is 0 Å². The van der Waals surface area contributed by atoms with Crippen molar-refractivity contribution in [2.75, 3.05) is 31.9 Å². The second kappa shape index (κ2) is 5.39. The first-order chi connectivity index (χ1) is 9.28. The van der Waals surface area contributed by atoms with E-state index in [-0.39, 0.29) is 35.4 Å². The molecule has 1 atom stereocenters. The molecule has 0 aromatic heterocycles. The van der Waals surface area contributed by atoms with Gasteiger partial charge in [-0.25, -0.2) is 8.42 Å². The van der Waals surface area contributed by atoms with E-state index in [0.717, 1.165) is 32.4 Å². The molecular weight excluding hydrogens is 312 g/mol. The van der Waals surface area contributed by atoms with Gasteiger partial charge in [0.2, 0.25) is 5.91 Å². The third kappa shape index (κ3) is 2.82. The van der Waals surface area contributed by atoms with Gasteiger partial charge in [-0.15, -0.1) is 12.4 Å². The van der Waals surface area contributed by atoms with Crippen molar-refractivity contribution >= 4 is 28.2 Å². The highest BCUT2D eigenvalue weighted by Crippen LogP contribution is 2.59. The molecule has 2 saturated heterocycles. The normalized spacial score (nSPS) is 32.3. The summed E-state index contributed by atoms with van der Waals surface area (Å²) in [5.41, 5.74) is 0.225. The summed E-state index contributed by atoms with van der Waals surface area (Å²) >= 11 is 0. The van der Waals surface area contributed by atoms with Gasteiger partial charge in [-0.2, -0.15) is 0 Å². The van der Waals surface area contributed by atoms with Crippen LogP contribution in [-0.2, 0) is 14.6 Å². The minimum absolute atomic E-state index is 0. The Morgan fingerprint density at radius 2 is 1.86 bits per heavy atom. The van der Waals surface area contributed by atoms with Gasteiger partial charge in [0.25, 0.3) is 0 Å². The van der Waals surface area contributed by atoms with Gasteiger partial charge in [-0.3, -0.25) is 4.79 Å². The van der Waals surface area contributed by atoms with Gasteiger partial charge in [0.1, 0.15) is 0 Å². The maximum atomic E-state index is 12.6. The number of sulfone groups is 1. The number of hydrogen-bond donors (Lipinski definition) is 1. The van der Waals surface area contributed by atoms with Crippen LogP contribution in [0, 0.1) is 11.3 Å². The second-order valence-corrected chi connectivity index (χ2v) is 9.95. The lowest BCUT2D eigenvalue weighted by molar-refractivity contribution is -0.134. The number of hydrogen-bond acceptors (Lipinski definition) is 4. The van der Waals surface area contributed by atoms with Crippen molar-refractivity contribution in [3.63, 3.8) is 0 Å². The second-order valence-electron chi connectivity index (χ2n) is 7.21. The highest BCUT2D eigenvalue weighted by molar-refractivity contribution is 7.92. The van der Waals surface area contributed by atoms with E-state index in [1.807, 2.05) is 0 Å². The van der Waals surface area contributed by atoms with Gasteiger partial charge in [-0.1, -0.05) is 0 Å². The molecule has 0 bridgehead atoms. The predicted molar refractivity (Wildman–Crippen MR) is 84.3 cm³/mol. The summed E-state index contributed by atoms with van der Waals surface area (Å²) in [6, 6.07) is 0. The maximum Gasteiger partial charge on any atom is 0.226 e. The molecule has 5 nitrogen and oxygen atoms in total. The van der Waals surface area contributed by atoms with Gasteiger partial charge >= 0.3 is 0 Å². The van der Waals surface area contributed by atoms with E-state index >= 15 is 0 Å². The SMILES string of the molecule is CC1(C)CN(C(=O)C2CC23CCNCC3)CCS1(=O)=O.Cl. The molecule has 122 valence electrons. The van der Waals surface area contributed by atoms with Gasteiger partial charge in [-0.05, 0) is 51.6 Å². The number of amides is 1. The zero-order chi connectivity index (χ0) is 14.6. The number of carbonyl (C=O) groups is 1. The summed E-state index contributed by atoms with van der Waals surface area (Å²) in [5, 5.41) is 3.34. The molecule has 2 aliphatic heterocycles. The van der Waals surface area contributed by atoms with E-state index in [2.05, 4.69) is 5.32 Å².